The molecule has 3 heterocycles. The van der Waals surface area contributed by atoms with E-state index in [0.717, 1.165) is 66.9 Å². The van der Waals surface area contributed by atoms with E-state index < -0.39 is 0 Å². The first-order valence-corrected chi connectivity index (χ1v) is 9.25. The van der Waals surface area contributed by atoms with Crippen molar-refractivity contribution in [1.29, 1.82) is 0 Å². The predicted octanol–water partition coefficient (Wildman–Crippen LogP) is 1.66. The van der Waals surface area contributed by atoms with Gasteiger partial charge in [-0.1, -0.05) is 12.1 Å². The number of pyridine rings is 1. The monoisotopic (exact) mass is 351 g/mol. The molecule has 0 unspecified atom stereocenters. The maximum Gasteiger partial charge on any atom is 0.154 e. The maximum absolute atomic E-state index is 5.47. The summed E-state index contributed by atoms with van der Waals surface area (Å²) in [6.45, 7) is 3.19. The quantitative estimate of drug-likeness (QED) is 0.910. The van der Waals surface area contributed by atoms with E-state index in [1.807, 2.05) is 13.1 Å². The third-order valence-corrected chi connectivity index (χ3v) is 5.17. The van der Waals surface area contributed by atoms with Crippen LogP contribution >= 0.6 is 0 Å². The maximum atomic E-state index is 5.47. The molecule has 2 aliphatic heterocycles. The lowest BCUT2D eigenvalue weighted by Crippen LogP contribution is -2.36. The van der Waals surface area contributed by atoms with Crippen molar-refractivity contribution < 1.29 is 4.74 Å². The van der Waals surface area contributed by atoms with Crippen LogP contribution < -0.4 is 20.9 Å². The Hall–Kier alpha value is -2.47. The van der Waals surface area contributed by atoms with E-state index in [1.54, 1.807) is 0 Å². The molecule has 0 spiro atoms. The Morgan fingerprint density at radius 1 is 1.08 bits per heavy atom. The molecule has 2 aromatic rings. The fraction of sp³-hybridized carbons (Fsp3) is 0.450. The summed E-state index contributed by atoms with van der Waals surface area (Å²) in [7, 11) is 4.05. The van der Waals surface area contributed by atoms with Crippen molar-refractivity contribution in [1.82, 2.24) is 4.98 Å². The molecule has 0 radical (unpaired) electrons. The molecule has 6 heteroatoms. The topological polar surface area (TPSA) is 62.1 Å². The standard InChI is InChI=1S/C20H25N5O/c1-21-20-19-18(22-9-10-23-19)13-17(24-20)14-3-5-15(6-4-14)25(2)16-7-11-26-12-8-16/h3-6,13,16H,7-12H2,1-2H3,(H,21,24). The van der Waals surface area contributed by atoms with E-state index >= 15 is 0 Å². The van der Waals surface area contributed by atoms with Gasteiger partial charge in [-0.05, 0) is 31.0 Å². The van der Waals surface area contributed by atoms with Gasteiger partial charge in [-0.3, -0.25) is 9.98 Å². The van der Waals surface area contributed by atoms with Crippen molar-refractivity contribution in [3.05, 3.63) is 41.0 Å². The number of hydrogen-bond acceptors (Lipinski definition) is 6. The fourth-order valence-corrected chi connectivity index (χ4v) is 3.61. The van der Waals surface area contributed by atoms with Gasteiger partial charge in [0.05, 0.1) is 24.1 Å². The van der Waals surface area contributed by atoms with Crippen LogP contribution in [0.2, 0.25) is 0 Å². The fourth-order valence-electron chi connectivity index (χ4n) is 3.61. The van der Waals surface area contributed by atoms with Crippen LogP contribution in [0.3, 0.4) is 0 Å². The van der Waals surface area contributed by atoms with Crippen molar-refractivity contribution in [3.8, 4) is 11.3 Å². The average Bonchev–Trinajstić information content (AvgIpc) is 2.73. The second kappa shape index (κ2) is 7.41. The lowest BCUT2D eigenvalue weighted by molar-refractivity contribution is 0.0855. The van der Waals surface area contributed by atoms with Crippen LogP contribution in [0.15, 0.2) is 40.3 Å². The minimum absolute atomic E-state index is 0.549. The van der Waals surface area contributed by atoms with Crippen molar-refractivity contribution >= 4 is 11.5 Å². The van der Waals surface area contributed by atoms with Gasteiger partial charge in [0, 0.05) is 44.6 Å². The van der Waals surface area contributed by atoms with Gasteiger partial charge in [-0.25, -0.2) is 4.98 Å². The highest BCUT2D eigenvalue weighted by Crippen LogP contribution is 2.24. The van der Waals surface area contributed by atoms with Gasteiger partial charge in [-0.15, -0.1) is 0 Å². The normalized spacial score (nSPS) is 17.0. The highest BCUT2D eigenvalue weighted by Gasteiger charge is 2.18. The summed E-state index contributed by atoms with van der Waals surface area (Å²) in [5.41, 5.74) is 3.25. The largest absolute Gasteiger partial charge is 0.381 e. The Labute approximate surface area is 153 Å². The highest BCUT2D eigenvalue weighted by atomic mass is 16.5. The van der Waals surface area contributed by atoms with E-state index in [1.165, 1.54) is 5.69 Å². The number of benzene rings is 1. The van der Waals surface area contributed by atoms with E-state index in [-0.39, 0.29) is 0 Å². The highest BCUT2D eigenvalue weighted by molar-refractivity contribution is 5.64. The Balaban J connectivity index is 1.63. The van der Waals surface area contributed by atoms with E-state index in [4.69, 9.17) is 9.72 Å². The van der Waals surface area contributed by atoms with Gasteiger partial charge in [0.25, 0.3) is 0 Å². The number of rotatable bonds is 4. The molecule has 0 amide bonds. The summed E-state index contributed by atoms with van der Waals surface area (Å²) in [6, 6.07) is 11.2. The molecule has 1 aromatic carbocycles. The average molecular weight is 351 g/mol. The second-order valence-electron chi connectivity index (χ2n) is 6.74. The lowest BCUT2D eigenvalue weighted by atomic mass is 10.1. The number of nitrogens with zero attached hydrogens (tertiary/aromatic N) is 4. The van der Waals surface area contributed by atoms with Crippen molar-refractivity contribution in [2.24, 2.45) is 9.98 Å². The first-order valence-electron chi connectivity index (χ1n) is 9.25. The van der Waals surface area contributed by atoms with Gasteiger partial charge >= 0.3 is 0 Å². The lowest BCUT2D eigenvalue weighted by Gasteiger charge is -2.33. The number of hydrogen-bond donors (Lipinski definition) is 1. The zero-order chi connectivity index (χ0) is 17.9. The van der Waals surface area contributed by atoms with Crippen molar-refractivity contribution in [2.45, 2.75) is 18.9 Å². The van der Waals surface area contributed by atoms with Gasteiger partial charge in [0.1, 0.15) is 5.36 Å². The molecule has 1 N–H and O–H groups in total. The van der Waals surface area contributed by atoms with Gasteiger partial charge < -0.3 is 15.0 Å². The predicted molar refractivity (Wildman–Crippen MR) is 104 cm³/mol. The first-order chi connectivity index (χ1) is 12.8. The van der Waals surface area contributed by atoms with Gasteiger partial charge in [-0.2, -0.15) is 0 Å². The Bertz CT molecular complexity index is 888. The van der Waals surface area contributed by atoms with E-state index in [2.05, 4.69) is 51.5 Å². The molecule has 136 valence electrons. The summed E-state index contributed by atoms with van der Waals surface area (Å²) < 4.78 is 5.47. The minimum Gasteiger partial charge on any atom is -0.381 e. The third kappa shape index (κ3) is 3.29. The Kier molecular flexibility index (Phi) is 4.84. The van der Waals surface area contributed by atoms with Crippen LogP contribution in [0.5, 0.6) is 0 Å². The second-order valence-corrected chi connectivity index (χ2v) is 6.74. The van der Waals surface area contributed by atoms with Crippen LogP contribution in [0.25, 0.3) is 11.3 Å². The van der Waals surface area contributed by atoms with Crippen LogP contribution in [-0.4, -0.2) is 51.4 Å². The molecule has 0 bridgehead atoms. The Morgan fingerprint density at radius 3 is 2.54 bits per heavy atom. The molecule has 2 aliphatic rings. The number of anilines is 2. The molecule has 6 nitrogen and oxygen atoms in total. The Morgan fingerprint density at radius 2 is 1.81 bits per heavy atom. The molecule has 0 atom stereocenters. The third-order valence-electron chi connectivity index (χ3n) is 5.17. The molecule has 4 rings (SSSR count). The van der Waals surface area contributed by atoms with E-state index in [9.17, 15) is 0 Å². The van der Waals surface area contributed by atoms with Crippen molar-refractivity contribution in [2.75, 3.05) is 50.6 Å². The molecule has 1 fully saturated rings. The molecule has 1 aromatic heterocycles. The SMILES string of the molecule is CNc1nc(-c2ccc(N(C)C3CCOCC3)cc2)cc2c1=NCCN=2. The number of fused-ring (bicyclic) bond motifs is 1. The van der Waals surface area contributed by atoms with Gasteiger partial charge in [0.2, 0.25) is 0 Å². The van der Waals surface area contributed by atoms with Crippen LogP contribution in [0.1, 0.15) is 12.8 Å². The zero-order valence-corrected chi connectivity index (χ0v) is 15.4. The molecule has 1 saturated heterocycles. The number of aromatic nitrogens is 1. The molecule has 26 heavy (non-hydrogen) atoms. The van der Waals surface area contributed by atoms with Crippen LogP contribution in [0, 0.1) is 0 Å². The van der Waals surface area contributed by atoms with Crippen LogP contribution in [0.4, 0.5) is 11.5 Å². The number of nitrogens with one attached hydrogen (secondary N) is 1. The van der Waals surface area contributed by atoms with E-state index in [0.29, 0.717) is 6.04 Å². The molecule has 0 saturated carbocycles. The summed E-state index contributed by atoms with van der Waals surface area (Å²) in [4.78, 5) is 16.3. The number of ether oxygens (including phenoxy) is 1. The summed E-state index contributed by atoms with van der Waals surface area (Å²) in [6.07, 6.45) is 2.17. The van der Waals surface area contributed by atoms with Gasteiger partial charge in [0.15, 0.2) is 5.82 Å². The van der Waals surface area contributed by atoms with Crippen molar-refractivity contribution in [3.63, 3.8) is 0 Å². The summed E-state index contributed by atoms with van der Waals surface area (Å²) >= 11 is 0. The van der Waals surface area contributed by atoms with Crippen LogP contribution in [-0.2, 0) is 4.74 Å². The first kappa shape index (κ1) is 17.0. The molecule has 0 aliphatic carbocycles. The summed E-state index contributed by atoms with van der Waals surface area (Å²) in [5.74, 6) is 0.796. The smallest absolute Gasteiger partial charge is 0.154 e. The molecular weight excluding hydrogens is 326 g/mol. The minimum atomic E-state index is 0.549. The summed E-state index contributed by atoms with van der Waals surface area (Å²) in [5, 5.41) is 4.95. The molecular formula is C20H25N5O. The zero-order valence-electron chi connectivity index (χ0n) is 15.4.